The van der Waals surface area contributed by atoms with Gasteiger partial charge in [0.25, 0.3) is 5.91 Å². The quantitative estimate of drug-likeness (QED) is 0.282. The minimum atomic E-state index is -0.196. The lowest BCUT2D eigenvalue weighted by Gasteiger charge is -2.19. The van der Waals surface area contributed by atoms with Crippen LogP contribution in [0.15, 0.2) is 42.6 Å². The van der Waals surface area contributed by atoms with Gasteiger partial charge in [-0.15, -0.1) is 0 Å². The third-order valence-corrected chi connectivity index (χ3v) is 6.26. The van der Waals surface area contributed by atoms with Crippen LogP contribution in [-0.2, 0) is 13.1 Å². The number of methoxy groups -OCH3 is 1. The van der Waals surface area contributed by atoms with E-state index in [1.165, 1.54) is 0 Å². The number of phenolic OH excluding ortho intramolecular Hbond substituents is 1. The predicted molar refractivity (Wildman–Crippen MR) is 144 cm³/mol. The molecule has 3 heterocycles. The second-order valence-corrected chi connectivity index (χ2v) is 8.80. The maximum Gasteiger partial charge on any atom is 0.254 e. The van der Waals surface area contributed by atoms with Crippen molar-refractivity contribution < 1.29 is 14.6 Å². The Bertz CT molecular complexity index is 1420. The number of aromatic hydroxyl groups is 1. The number of anilines is 1. The first kappa shape index (κ1) is 25.9. The molecule has 10 nitrogen and oxygen atoms in total. The SMILES string of the molecule is CCn1ncc(CN(C)C(=O)c2cc(-c3cc(NCCNC)cc(OC)n3)nc3ccc(O)cc23)c1C. The number of benzene rings is 1. The fourth-order valence-electron chi connectivity index (χ4n) is 4.19. The fourth-order valence-corrected chi connectivity index (χ4v) is 4.19. The number of phenols is 1. The fraction of sp³-hybridized carbons (Fsp3) is 0.333. The van der Waals surface area contributed by atoms with Gasteiger partial charge in [-0.25, -0.2) is 9.97 Å². The highest BCUT2D eigenvalue weighted by Gasteiger charge is 2.20. The highest BCUT2D eigenvalue weighted by Crippen LogP contribution is 2.30. The summed E-state index contributed by atoms with van der Waals surface area (Å²) in [6, 6.07) is 10.2. The molecule has 10 heteroatoms. The molecule has 37 heavy (non-hydrogen) atoms. The number of fused-ring (bicyclic) bond motifs is 1. The Balaban J connectivity index is 1.76. The first-order valence-corrected chi connectivity index (χ1v) is 12.2. The Labute approximate surface area is 216 Å². The van der Waals surface area contributed by atoms with Gasteiger partial charge in [0, 0.05) is 61.6 Å². The van der Waals surface area contributed by atoms with Gasteiger partial charge >= 0.3 is 0 Å². The van der Waals surface area contributed by atoms with Crippen LogP contribution < -0.4 is 15.4 Å². The molecule has 3 N–H and O–H groups in total. The molecule has 0 atom stereocenters. The number of hydrogen-bond acceptors (Lipinski definition) is 8. The number of aromatic nitrogens is 4. The number of pyridine rings is 2. The maximum absolute atomic E-state index is 13.7. The second-order valence-electron chi connectivity index (χ2n) is 8.80. The van der Waals surface area contributed by atoms with E-state index in [1.807, 2.05) is 37.7 Å². The number of likely N-dealkylation sites (N-methyl/N-ethyl adjacent to an activating group) is 1. The average molecular weight is 504 g/mol. The maximum atomic E-state index is 13.7. The van der Waals surface area contributed by atoms with Crippen LogP contribution in [0.1, 0.15) is 28.5 Å². The molecule has 0 spiro atoms. The number of amides is 1. The average Bonchev–Trinajstić information content (AvgIpc) is 3.26. The van der Waals surface area contributed by atoms with Gasteiger partial charge in [-0.2, -0.15) is 5.10 Å². The third-order valence-electron chi connectivity index (χ3n) is 6.26. The Morgan fingerprint density at radius 3 is 2.62 bits per heavy atom. The summed E-state index contributed by atoms with van der Waals surface area (Å²) in [4.78, 5) is 24.7. The molecule has 0 radical (unpaired) electrons. The van der Waals surface area contributed by atoms with Crippen molar-refractivity contribution in [3.8, 4) is 23.0 Å². The molecule has 0 fully saturated rings. The molecule has 1 amide bonds. The van der Waals surface area contributed by atoms with E-state index >= 15 is 0 Å². The molecule has 4 rings (SSSR count). The standard InChI is InChI=1S/C27H33N7O3/c1-6-34-17(2)18(15-30-34)16-33(4)27(36)22-14-25(31-23-8-7-20(35)13-21(22)23)24-11-19(29-10-9-28-3)12-26(32-24)37-5/h7-8,11-15,28,35H,6,9-10,16H2,1-5H3,(H,29,32). The van der Waals surface area contributed by atoms with Crippen molar-refractivity contribution >= 4 is 22.5 Å². The van der Waals surface area contributed by atoms with Crippen LogP contribution in [0, 0.1) is 6.92 Å². The van der Waals surface area contributed by atoms with Crippen molar-refractivity contribution in [1.29, 1.82) is 0 Å². The van der Waals surface area contributed by atoms with Crippen molar-refractivity contribution in [3.05, 3.63) is 59.4 Å². The summed E-state index contributed by atoms with van der Waals surface area (Å²) in [7, 11) is 5.21. The third kappa shape index (κ3) is 5.64. The van der Waals surface area contributed by atoms with Gasteiger partial charge in [0.05, 0.1) is 35.8 Å². The smallest absolute Gasteiger partial charge is 0.254 e. The van der Waals surface area contributed by atoms with Gasteiger partial charge in [-0.05, 0) is 51.2 Å². The second kappa shape index (κ2) is 11.3. The molecular formula is C27H33N7O3. The first-order valence-electron chi connectivity index (χ1n) is 12.2. The molecule has 0 aliphatic carbocycles. The molecule has 194 valence electrons. The largest absolute Gasteiger partial charge is 0.508 e. The van der Waals surface area contributed by atoms with Crippen LogP contribution in [-0.4, -0.2) is 70.0 Å². The normalized spacial score (nSPS) is 11.1. The van der Waals surface area contributed by atoms with Gasteiger partial charge in [0.2, 0.25) is 5.88 Å². The number of ether oxygens (including phenoxy) is 1. The van der Waals surface area contributed by atoms with Gasteiger partial charge in [-0.1, -0.05) is 0 Å². The summed E-state index contributed by atoms with van der Waals surface area (Å²) < 4.78 is 7.33. The van der Waals surface area contributed by atoms with Crippen molar-refractivity contribution in [2.24, 2.45) is 0 Å². The summed E-state index contributed by atoms with van der Waals surface area (Å²) in [5.74, 6) is 0.304. The van der Waals surface area contributed by atoms with Crippen molar-refractivity contribution in [1.82, 2.24) is 30.0 Å². The number of carbonyl (C=O) groups excluding carboxylic acids is 1. The Morgan fingerprint density at radius 1 is 1.14 bits per heavy atom. The summed E-state index contributed by atoms with van der Waals surface area (Å²) in [5, 5.41) is 21.6. The Kier molecular flexibility index (Phi) is 7.88. The molecule has 0 bridgehead atoms. The number of nitrogens with zero attached hydrogens (tertiary/aromatic N) is 5. The number of rotatable bonds is 10. The Hall–Kier alpha value is -4.18. The van der Waals surface area contributed by atoms with Crippen LogP contribution in [0.5, 0.6) is 11.6 Å². The van der Waals surface area contributed by atoms with Crippen molar-refractivity contribution in [2.75, 3.05) is 39.6 Å². The van der Waals surface area contributed by atoms with Crippen molar-refractivity contribution in [2.45, 2.75) is 26.9 Å². The topological polar surface area (TPSA) is 117 Å². The highest BCUT2D eigenvalue weighted by atomic mass is 16.5. The zero-order chi connectivity index (χ0) is 26.5. The Morgan fingerprint density at radius 2 is 1.92 bits per heavy atom. The lowest BCUT2D eigenvalue weighted by atomic mass is 10.0. The van der Waals surface area contributed by atoms with Crippen LogP contribution >= 0.6 is 0 Å². The lowest BCUT2D eigenvalue weighted by molar-refractivity contribution is 0.0787. The molecule has 1 aromatic carbocycles. The van der Waals surface area contributed by atoms with E-state index in [-0.39, 0.29) is 11.7 Å². The molecule has 0 aliphatic rings. The zero-order valence-electron chi connectivity index (χ0n) is 21.9. The first-order chi connectivity index (χ1) is 17.8. The van der Waals surface area contributed by atoms with Gasteiger partial charge in [-0.3, -0.25) is 9.48 Å². The zero-order valence-corrected chi connectivity index (χ0v) is 21.9. The van der Waals surface area contributed by atoms with E-state index in [9.17, 15) is 9.90 Å². The van der Waals surface area contributed by atoms with Crippen LogP contribution in [0.3, 0.4) is 0 Å². The summed E-state index contributed by atoms with van der Waals surface area (Å²) in [5.41, 5.74) is 4.94. The monoisotopic (exact) mass is 503 g/mol. The van der Waals surface area contributed by atoms with Gasteiger partial charge in [0.15, 0.2) is 0 Å². The number of carbonyl (C=O) groups is 1. The van der Waals surface area contributed by atoms with E-state index in [4.69, 9.17) is 9.72 Å². The molecular weight excluding hydrogens is 470 g/mol. The van der Waals surface area contributed by atoms with E-state index in [0.29, 0.717) is 40.3 Å². The van der Waals surface area contributed by atoms with Crippen LogP contribution in [0.2, 0.25) is 0 Å². The van der Waals surface area contributed by atoms with Crippen LogP contribution in [0.4, 0.5) is 5.69 Å². The van der Waals surface area contributed by atoms with E-state index in [0.717, 1.165) is 36.6 Å². The number of aryl methyl sites for hydroxylation is 1. The summed E-state index contributed by atoms with van der Waals surface area (Å²) in [6.07, 6.45) is 1.80. The van der Waals surface area contributed by atoms with Gasteiger partial charge in [0.1, 0.15) is 5.75 Å². The number of hydrogen-bond donors (Lipinski definition) is 3. The van der Waals surface area contributed by atoms with E-state index in [1.54, 1.807) is 49.5 Å². The summed E-state index contributed by atoms with van der Waals surface area (Å²) in [6.45, 7) is 6.71. The lowest BCUT2D eigenvalue weighted by Crippen LogP contribution is -2.27. The predicted octanol–water partition coefficient (Wildman–Crippen LogP) is 3.44. The van der Waals surface area contributed by atoms with Crippen LogP contribution in [0.25, 0.3) is 22.3 Å². The van der Waals surface area contributed by atoms with E-state index in [2.05, 4.69) is 20.7 Å². The molecule has 0 unspecified atom stereocenters. The number of nitrogens with one attached hydrogen (secondary N) is 2. The van der Waals surface area contributed by atoms with Crippen molar-refractivity contribution in [3.63, 3.8) is 0 Å². The molecule has 4 aromatic rings. The minimum Gasteiger partial charge on any atom is -0.508 e. The van der Waals surface area contributed by atoms with Gasteiger partial charge < -0.3 is 25.4 Å². The molecule has 3 aromatic heterocycles. The summed E-state index contributed by atoms with van der Waals surface area (Å²) >= 11 is 0. The van der Waals surface area contributed by atoms with E-state index < -0.39 is 0 Å². The highest BCUT2D eigenvalue weighted by molar-refractivity contribution is 6.07. The molecule has 0 saturated heterocycles. The molecule has 0 aliphatic heterocycles. The molecule has 0 saturated carbocycles. The minimum absolute atomic E-state index is 0.0642.